The average molecular weight is 289 g/mol. The van der Waals surface area contributed by atoms with Gasteiger partial charge in [-0.05, 0) is 26.0 Å². The van der Waals surface area contributed by atoms with Crippen LogP contribution in [-0.4, -0.2) is 42.6 Å². The van der Waals surface area contributed by atoms with E-state index < -0.39 is 0 Å². The molecule has 0 saturated carbocycles. The highest BCUT2D eigenvalue weighted by Crippen LogP contribution is 2.18. The second-order valence-electron chi connectivity index (χ2n) is 5.14. The van der Waals surface area contributed by atoms with E-state index in [0.29, 0.717) is 26.3 Å². The summed E-state index contributed by atoms with van der Waals surface area (Å²) in [5.74, 6) is 0.783. The first kappa shape index (κ1) is 16.0. The lowest BCUT2D eigenvalue weighted by atomic mass is 10.0. The molecule has 1 saturated heterocycles. The molecule has 0 spiro atoms. The first-order valence-corrected chi connectivity index (χ1v) is 6.20. The molecule has 1 aromatic heterocycles. The maximum absolute atomic E-state index is 11.9. The van der Waals surface area contributed by atoms with E-state index in [1.807, 2.05) is 12.1 Å². The van der Waals surface area contributed by atoms with E-state index in [1.165, 1.54) is 0 Å². The Kier molecular flexibility index (Phi) is 5.85. The van der Waals surface area contributed by atoms with E-state index in [1.54, 1.807) is 6.26 Å². The molecule has 1 amide bonds. The Morgan fingerprint density at radius 2 is 2.32 bits per heavy atom. The summed E-state index contributed by atoms with van der Waals surface area (Å²) >= 11 is 0. The molecule has 1 fully saturated rings. The molecule has 19 heavy (non-hydrogen) atoms. The quantitative estimate of drug-likeness (QED) is 0.911. The van der Waals surface area contributed by atoms with Crippen molar-refractivity contribution in [3.63, 3.8) is 0 Å². The van der Waals surface area contributed by atoms with Gasteiger partial charge in [0.15, 0.2) is 0 Å². The smallest absolute Gasteiger partial charge is 0.234 e. The number of furan rings is 1. The monoisotopic (exact) mass is 288 g/mol. The molecule has 1 N–H and O–H groups in total. The molecule has 0 aliphatic carbocycles. The lowest BCUT2D eigenvalue weighted by Gasteiger charge is -2.41. The van der Waals surface area contributed by atoms with Crippen molar-refractivity contribution in [1.29, 1.82) is 0 Å². The van der Waals surface area contributed by atoms with Gasteiger partial charge in [0.25, 0.3) is 0 Å². The Balaban J connectivity index is 0.00000180. The molecule has 0 radical (unpaired) electrons. The van der Waals surface area contributed by atoms with E-state index in [4.69, 9.17) is 9.15 Å². The van der Waals surface area contributed by atoms with Crippen molar-refractivity contribution in [2.45, 2.75) is 25.9 Å². The van der Waals surface area contributed by atoms with E-state index in [-0.39, 0.29) is 23.9 Å². The number of rotatable bonds is 4. The van der Waals surface area contributed by atoms with Crippen molar-refractivity contribution < 1.29 is 13.9 Å². The maximum atomic E-state index is 11.9. The van der Waals surface area contributed by atoms with Gasteiger partial charge in [-0.2, -0.15) is 0 Å². The van der Waals surface area contributed by atoms with Gasteiger partial charge in [0.2, 0.25) is 5.91 Å². The molecular weight excluding hydrogens is 268 g/mol. The van der Waals surface area contributed by atoms with Crippen LogP contribution in [0.1, 0.15) is 19.6 Å². The molecule has 0 unspecified atom stereocenters. The summed E-state index contributed by atoms with van der Waals surface area (Å²) in [7, 11) is 0. The SMILES string of the molecule is CC1(C)COCCN1CC(=O)NCc1ccco1.Cl. The Morgan fingerprint density at radius 3 is 2.95 bits per heavy atom. The zero-order chi connectivity index (χ0) is 13.0. The Bertz CT molecular complexity index is 393. The van der Waals surface area contributed by atoms with Crippen LogP contribution in [0.25, 0.3) is 0 Å². The molecule has 2 rings (SSSR count). The van der Waals surface area contributed by atoms with Crippen molar-refractivity contribution in [3.05, 3.63) is 24.2 Å². The minimum atomic E-state index is -0.0831. The van der Waals surface area contributed by atoms with Crippen molar-refractivity contribution in [3.8, 4) is 0 Å². The summed E-state index contributed by atoms with van der Waals surface area (Å²) in [6.45, 7) is 7.17. The number of carbonyl (C=O) groups excluding carboxylic acids is 1. The molecule has 1 aliphatic heterocycles. The minimum absolute atomic E-state index is 0. The van der Waals surface area contributed by atoms with E-state index in [2.05, 4.69) is 24.1 Å². The van der Waals surface area contributed by atoms with Crippen LogP contribution in [0.3, 0.4) is 0 Å². The predicted molar refractivity (Wildman–Crippen MR) is 74.3 cm³/mol. The highest BCUT2D eigenvalue weighted by molar-refractivity contribution is 5.85. The van der Waals surface area contributed by atoms with Gasteiger partial charge in [-0.15, -0.1) is 12.4 Å². The number of carbonyl (C=O) groups is 1. The van der Waals surface area contributed by atoms with Crippen LogP contribution in [0.2, 0.25) is 0 Å². The van der Waals surface area contributed by atoms with E-state index in [9.17, 15) is 4.79 Å². The number of morpholine rings is 1. The molecule has 6 heteroatoms. The summed E-state index contributed by atoms with van der Waals surface area (Å²) in [4.78, 5) is 14.0. The van der Waals surface area contributed by atoms with Gasteiger partial charge in [0.05, 0.1) is 32.6 Å². The zero-order valence-corrected chi connectivity index (χ0v) is 12.2. The lowest BCUT2D eigenvalue weighted by molar-refractivity contribution is -0.127. The topological polar surface area (TPSA) is 54.7 Å². The molecule has 0 aromatic carbocycles. The van der Waals surface area contributed by atoms with E-state index in [0.717, 1.165) is 12.3 Å². The number of ether oxygens (including phenoxy) is 1. The molecule has 0 bridgehead atoms. The summed E-state index contributed by atoms with van der Waals surface area (Å²) in [6, 6.07) is 3.66. The molecule has 5 nitrogen and oxygen atoms in total. The maximum Gasteiger partial charge on any atom is 0.234 e. The third-order valence-corrected chi connectivity index (χ3v) is 3.19. The van der Waals surface area contributed by atoms with Gasteiger partial charge in [-0.3, -0.25) is 9.69 Å². The standard InChI is InChI=1S/C13H20N2O3.ClH/c1-13(2)10-17-7-5-15(13)9-12(16)14-8-11-4-3-6-18-11;/h3-4,6H,5,7-10H2,1-2H3,(H,14,16);1H. The second-order valence-corrected chi connectivity index (χ2v) is 5.14. The van der Waals surface area contributed by atoms with Crippen LogP contribution in [0.5, 0.6) is 0 Å². The van der Waals surface area contributed by atoms with Crippen LogP contribution < -0.4 is 5.32 Å². The average Bonchev–Trinajstić information content (AvgIpc) is 2.82. The van der Waals surface area contributed by atoms with Crippen LogP contribution in [-0.2, 0) is 16.1 Å². The molecule has 2 heterocycles. The Hall–Kier alpha value is -1.04. The van der Waals surface area contributed by atoms with Gasteiger partial charge in [-0.25, -0.2) is 0 Å². The predicted octanol–water partition coefficient (Wildman–Crippen LogP) is 1.43. The third-order valence-electron chi connectivity index (χ3n) is 3.19. The number of nitrogens with zero attached hydrogens (tertiary/aromatic N) is 1. The van der Waals surface area contributed by atoms with Crippen LogP contribution in [0.15, 0.2) is 22.8 Å². The Morgan fingerprint density at radius 1 is 1.53 bits per heavy atom. The van der Waals surface area contributed by atoms with E-state index >= 15 is 0 Å². The Labute approximate surface area is 119 Å². The second kappa shape index (κ2) is 6.93. The normalized spacial score (nSPS) is 18.6. The molecular formula is C13H21ClN2O3. The highest BCUT2D eigenvalue weighted by Gasteiger charge is 2.31. The zero-order valence-electron chi connectivity index (χ0n) is 11.3. The van der Waals surface area contributed by atoms with Crippen LogP contribution >= 0.6 is 12.4 Å². The number of nitrogens with one attached hydrogen (secondary N) is 1. The fraction of sp³-hybridized carbons (Fsp3) is 0.615. The summed E-state index contributed by atoms with van der Waals surface area (Å²) in [6.07, 6.45) is 1.60. The fourth-order valence-corrected chi connectivity index (χ4v) is 2.01. The summed E-state index contributed by atoms with van der Waals surface area (Å²) in [5, 5.41) is 2.85. The fourth-order valence-electron chi connectivity index (χ4n) is 2.01. The number of hydrogen-bond acceptors (Lipinski definition) is 4. The lowest BCUT2D eigenvalue weighted by Crippen LogP contribution is -2.55. The van der Waals surface area contributed by atoms with Gasteiger partial charge in [-0.1, -0.05) is 0 Å². The molecule has 1 aromatic rings. The minimum Gasteiger partial charge on any atom is -0.467 e. The molecule has 0 atom stereocenters. The number of halogens is 1. The largest absolute Gasteiger partial charge is 0.467 e. The first-order chi connectivity index (χ1) is 8.58. The van der Waals surface area contributed by atoms with Gasteiger partial charge in [0, 0.05) is 12.1 Å². The number of amides is 1. The van der Waals surface area contributed by atoms with Crippen LogP contribution in [0, 0.1) is 0 Å². The van der Waals surface area contributed by atoms with Gasteiger partial charge in [0.1, 0.15) is 5.76 Å². The van der Waals surface area contributed by atoms with Crippen LogP contribution in [0.4, 0.5) is 0 Å². The first-order valence-electron chi connectivity index (χ1n) is 6.20. The molecule has 1 aliphatic rings. The highest BCUT2D eigenvalue weighted by atomic mass is 35.5. The molecule has 108 valence electrons. The van der Waals surface area contributed by atoms with Crippen molar-refractivity contribution in [1.82, 2.24) is 10.2 Å². The van der Waals surface area contributed by atoms with Gasteiger partial charge >= 0.3 is 0 Å². The van der Waals surface area contributed by atoms with Gasteiger partial charge < -0.3 is 14.5 Å². The van der Waals surface area contributed by atoms with Crippen molar-refractivity contribution in [2.24, 2.45) is 0 Å². The third kappa shape index (κ3) is 4.53. The number of hydrogen-bond donors (Lipinski definition) is 1. The van der Waals surface area contributed by atoms with Crippen molar-refractivity contribution in [2.75, 3.05) is 26.3 Å². The summed E-state index contributed by atoms with van der Waals surface area (Å²) < 4.78 is 10.6. The van der Waals surface area contributed by atoms with Crippen molar-refractivity contribution >= 4 is 18.3 Å². The summed E-state index contributed by atoms with van der Waals surface area (Å²) in [5.41, 5.74) is -0.0831.